The molecule has 1 aliphatic rings. The van der Waals surface area contributed by atoms with Crippen molar-refractivity contribution in [1.29, 1.82) is 0 Å². The van der Waals surface area contributed by atoms with Gasteiger partial charge in [-0.2, -0.15) is 0 Å². The van der Waals surface area contributed by atoms with Gasteiger partial charge in [0.2, 0.25) is 11.8 Å². The number of benzene rings is 1. The van der Waals surface area contributed by atoms with Gasteiger partial charge in [-0.3, -0.25) is 14.8 Å². The van der Waals surface area contributed by atoms with Crippen LogP contribution in [0.1, 0.15) is 35.3 Å². The van der Waals surface area contributed by atoms with Gasteiger partial charge in [0.05, 0.1) is 12.2 Å². The van der Waals surface area contributed by atoms with E-state index in [0.717, 1.165) is 20.9 Å². The Morgan fingerprint density at radius 2 is 1.89 bits per heavy atom. The first-order valence-electron chi connectivity index (χ1n) is 11.4. The van der Waals surface area contributed by atoms with Crippen LogP contribution in [-0.2, 0) is 30.6 Å². The van der Waals surface area contributed by atoms with Crippen molar-refractivity contribution in [1.82, 2.24) is 10.4 Å². The van der Waals surface area contributed by atoms with Crippen LogP contribution in [-0.4, -0.2) is 49.2 Å². The molecule has 0 spiro atoms. The molecule has 0 radical (unpaired) electrons. The molecule has 4 rings (SSSR count). The summed E-state index contributed by atoms with van der Waals surface area (Å²) in [6.45, 7) is 2.30. The lowest BCUT2D eigenvalue weighted by Crippen LogP contribution is -2.41. The SMILES string of the molecule is Cc1csc(-c2ccc(C3(CC(=O)NO)CCN(C(=O)CCc4ccccc4)CCS3(=O)=O)s2)c1. The molecule has 3 aromatic rings. The maximum Gasteiger partial charge on any atom is 0.245 e. The fraction of sp³-hybridized carbons (Fsp3) is 0.360. The van der Waals surface area contributed by atoms with E-state index in [0.29, 0.717) is 11.3 Å². The van der Waals surface area contributed by atoms with Crippen LogP contribution in [0, 0.1) is 6.92 Å². The predicted octanol–water partition coefficient (Wildman–Crippen LogP) is 4.16. The van der Waals surface area contributed by atoms with E-state index in [1.54, 1.807) is 27.8 Å². The summed E-state index contributed by atoms with van der Waals surface area (Å²) in [7, 11) is -3.83. The fourth-order valence-electron chi connectivity index (χ4n) is 4.45. The van der Waals surface area contributed by atoms with Gasteiger partial charge in [0, 0.05) is 34.1 Å². The lowest BCUT2D eigenvalue weighted by molar-refractivity contribution is -0.131. The van der Waals surface area contributed by atoms with E-state index < -0.39 is 26.9 Å². The maximum absolute atomic E-state index is 13.7. The summed E-state index contributed by atoms with van der Waals surface area (Å²) < 4.78 is 25.9. The number of carbonyl (C=O) groups excluding carboxylic acids is 2. The van der Waals surface area contributed by atoms with E-state index in [-0.39, 0.29) is 37.6 Å². The Kier molecular flexibility index (Phi) is 7.75. The monoisotopic (exact) mass is 532 g/mol. The van der Waals surface area contributed by atoms with E-state index in [2.05, 4.69) is 0 Å². The minimum absolute atomic E-state index is 0.0841. The summed E-state index contributed by atoms with van der Waals surface area (Å²) in [6, 6.07) is 15.4. The van der Waals surface area contributed by atoms with E-state index in [4.69, 9.17) is 0 Å². The van der Waals surface area contributed by atoms with E-state index >= 15 is 0 Å². The van der Waals surface area contributed by atoms with Crippen LogP contribution in [0.15, 0.2) is 53.9 Å². The second-order valence-electron chi connectivity index (χ2n) is 8.79. The molecule has 2 amide bonds. The quantitative estimate of drug-likeness (QED) is 0.351. The van der Waals surface area contributed by atoms with Crippen molar-refractivity contribution >= 4 is 44.3 Å². The second kappa shape index (κ2) is 10.6. The van der Waals surface area contributed by atoms with Crippen LogP contribution in [0.4, 0.5) is 0 Å². The Morgan fingerprint density at radius 1 is 1.11 bits per heavy atom. The molecule has 35 heavy (non-hydrogen) atoms. The molecule has 1 aromatic carbocycles. The highest BCUT2D eigenvalue weighted by atomic mass is 32.2. The number of hydrogen-bond acceptors (Lipinski definition) is 7. The molecule has 0 bridgehead atoms. The van der Waals surface area contributed by atoms with Crippen molar-refractivity contribution in [3.63, 3.8) is 0 Å². The molecule has 2 aromatic heterocycles. The predicted molar refractivity (Wildman–Crippen MR) is 138 cm³/mol. The van der Waals surface area contributed by atoms with E-state index in [1.807, 2.05) is 54.8 Å². The van der Waals surface area contributed by atoms with Crippen LogP contribution >= 0.6 is 22.7 Å². The van der Waals surface area contributed by atoms with E-state index in [9.17, 15) is 23.2 Å². The van der Waals surface area contributed by atoms with Crippen molar-refractivity contribution in [3.8, 4) is 9.75 Å². The first-order chi connectivity index (χ1) is 16.7. The maximum atomic E-state index is 13.7. The number of aryl methyl sites for hydroxylation is 2. The van der Waals surface area contributed by atoms with Gasteiger partial charge in [0.25, 0.3) is 0 Å². The van der Waals surface area contributed by atoms with Crippen molar-refractivity contribution in [2.75, 3.05) is 18.8 Å². The first-order valence-corrected chi connectivity index (χ1v) is 14.7. The zero-order chi connectivity index (χ0) is 25.1. The van der Waals surface area contributed by atoms with Gasteiger partial charge >= 0.3 is 0 Å². The Hall–Kier alpha value is -2.53. The molecule has 0 saturated carbocycles. The molecule has 1 fully saturated rings. The van der Waals surface area contributed by atoms with Gasteiger partial charge in [-0.1, -0.05) is 30.3 Å². The number of hydroxylamine groups is 1. The largest absolute Gasteiger partial charge is 0.342 e. The molecule has 7 nitrogen and oxygen atoms in total. The van der Waals surface area contributed by atoms with Crippen LogP contribution in [0.2, 0.25) is 0 Å². The third kappa shape index (κ3) is 5.50. The highest BCUT2D eigenvalue weighted by Gasteiger charge is 2.49. The highest BCUT2D eigenvalue weighted by Crippen LogP contribution is 2.46. The van der Waals surface area contributed by atoms with Crippen LogP contribution in [0.5, 0.6) is 0 Å². The molecule has 1 saturated heterocycles. The topological polar surface area (TPSA) is 104 Å². The first kappa shape index (κ1) is 25.6. The van der Waals surface area contributed by atoms with Crippen LogP contribution in [0.25, 0.3) is 9.75 Å². The number of nitrogens with zero attached hydrogens (tertiary/aromatic N) is 1. The molecular weight excluding hydrogens is 504 g/mol. The summed E-state index contributed by atoms with van der Waals surface area (Å²) in [5, 5.41) is 11.3. The summed E-state index contributed by atoms with van der Waals surface area (Å²) in [4.78, 5) is 29.4. The number of rotatable bonds is 7. The van der Waals surface area contributed by atoms with E-state index in [1.165, 1.54) is 11.3 Å². The third-order valence-corrected chi connectivity index (χ3v) is 11.6. The number of amides is 2. The second-order valence-corrected chi connectivity index (χ2v) is 13.2. The van der Waals surface area contributed by atoms with Gasteiger partial charge in [-0.25, -0.2) is 13.9 Å². The fourth-order valence-corrected chi connectivity index (χ4v) is 9.05. The molecule has 0 aliphatic carbocycles. The summed E-state index contributed by atoms with van der Waals surface area (Å²) in [5.41, 5.74) is 3.78. The number of carbonyl (C=O) groups is 2. The van der Waals surface area contributed by atoms with Crippen molar-refractivity contribution in [3.05, 3.63) is 69.9 Å². The van der Waals surface area contributed by atoms with Gasteiger partial charge in [0.15, 0.2) is 9.84 Å². The Balaban J connectivity index is 1.61. The van der Waals surface area contributed by atoms with Crippen LogP contribution < -0.4 is 5.48 Å². The highest BCUT2D eigenvalue weighted by molar-refractivity contribution is 7.92. The number of hydrogen-bond donors (Lipinski definition) is 2. The number of nitrogens with one attached hydrogen (secondary N) is 1. The van der Waals surface area contributed by atoms with Gasteiger partial charge in [0.1, 0.15) is 4.75 Å². The Morgan fingerprint density at radius 3 is 2.57 bits per heavy atom. The number of sulfone groups is 1. The average Bonchev–Trinajstić information content (AvgIpc) is 3.48. The zero-order valence-electron chi connectivity index (χ0n) is 19.4. The number of thiophene rings is 2. The molecule has 186 valence electrons. The van der Waals surface area contributed by atoms with Crippen molar-refractivity contribution in [2.24, 2.45) is 0 Å². The van der Waals surface area contributed by atoms with Gasteiger partial charge in [-0.15, -0.1) is 22.7 Å². The molecule has 1 unspecified atom stereocenters. The standard InChI is InChI=1S/C25H28N2O5S3/c1-18-15-21(33-17-18)20-8-9-22(34-20)25(16-23(28)26-30)11-12-27(13-14-35(25,31)32)24(29)10-7-19-5-3-2-4-6-19/h2-6,8-9,15,17,30H,7,10-14,16H2,1H3,(H,26,28). The van der Waals surface area contributed by atoms with Crippen molar-refractivity contribution in [2.45, 2.75) is 37.4 Å². The smallest absolute Gasteiger partial charge is 0.245 e. The normalized spacial score (nSPS) is 19.8. The minimum atomic E-state index is -3.83. The summed E-state index contributed by atoms with van der Waals surface area (Å²) >= 11 is 2.93. The molecule has 3 heterocycles. The summed E-state index contributed by atoms with van der Waals surface area (Å²) in [5.74, 6) is -1.11. The van der Waals surface area contributed by atoms with Gasteiger partial charge < -0.3 is 4.90 Å². The Labute approximate surface area is 213 Å². The molecule has 10 heteroatoms. The Bertz CT molecular complexity index is 1300. The molecule has 2 N–H and O–H groups in total. The lowest BCUT2D eigenvalue weighted by Gasteiger charge is -2.30. The lowest BCUT2D eigenvalue weighted by atomic mass is 9.97. The average molecular weight is 533 g/mol. The molecule has 1 aliphatic heterocycles. The van der Waals surface area contributed by atoms with Gasteiger partial charge in [-0.05, 0) is 54.5 Å². The van der Waals surface area contributed by atoms with Crippen LogP contribution in [0.3, 0.4) is 0 Å². The molecular formula is C25H28N2O5S3. The summed E-state index contributed by atoms with van der Waals surface area (Å²) in [6.07, 6.45) is 0.551. The third-order valence-electron chi connectivity index (χ3n) is 6.43. The molecule has 1 atom stereocenters. The van der Waals surface area contributed by atoms with Crippen molar-refractivity contribution < 1.29 is 23.2 Å². The minimum Gasteiger partial charge on any atom is -0.342 e. The zero-order valence-corrected chi connectivity index (χ0v) is 21.8.